The Bertz CT molecular complexity index is 525. The number of carbonyl (C=O) groups is 3. The third-order valence-electron chi connectivity index (χ3n) is 3.01. The largest absolute Gasteiger partial charge is 0.543 e. The number of aromatic nitrogens is 1. The molecule has 27 heavy (non-hydrogen) atoms. The van der Waals surface area contributed by atoms with Gasteiger partial charge in [-0.15, -0.1) is 0 Å². The highest BCUT2D eigenvalue weighted by Crippen LogP contribution is 2.03. The van der Waals surface area contributed by atoms with Gasteiger partial charge in [-0.05, 0) is 26.1 Å². The van der Waals surface area contributed by atoms with Gasteiger partial charge in [0.05, 0.1) is 17.6 Å². The van der Waals surface area contributed by atoms with Gasteiger partial charge in [0.15, 0.2) is 0 Å². The summed E-state index contributed by atoms with van der Waals surface area (Å²) >= 11 is 0. The molecule has 0 saturated heterocycles. The van der Waals surface area contributed by atoms with Crippen LogP contribution in [0.5, 0.6) is 0 Å². The molecule has 1 aromatic rings. The molecule has 0 unspecified atom stereocenters. The van der Waals surface area contributed by atoms with E-state index in [1.54, 1.807) is 0 Å². The van der Waals surface area contributed by atoms with Crippen LogP contribution in [-0.2, 0) is 16.1 Å². The van der Waals surface area contributed by atoms with Gasteiger partial charge in [-0.3, -0.25) is 4.98 Å². The van der Waals surface area contributed by atoms with E-state index in [2.05, 4.69) is 29.9 Å². The van der Waals surface area contributed by atoms with Crippen molar-refractivity contribution in [1.29, 1.82) is 0 Å². The van der Waals surface area contributed by atoms with Crippen LogP contribution in [-0.4, -0.2) is 60.5 Å². The molecule has 1 amide bonds. The lowest BCUT2D eigenvalue weighted by Gasteiger charge is -2.15. The van der Waals surface area contributed by atoms with Crippen molar-refractivity contribution in [2.45, 2.75) is 39.2 Å². The minimum absolute atomic E-state index is 0.910. The molecule has 1 heterocycles. The van der Waals surface area contributed by atoms with E-state index in [-0.39, 0.29) is 0 Å². The number of nitrogens with zero attached hydrogens (tertiary/aromatic N) is 3. The lowest BCUT2D eigenvalue weighted by atomic mass is 10.2. The number of amides is 1. The monoisotopic (exact) mass is 381 g/mol. The number of rotatable bonds is 7. The van der Waals surface area contributed by atoms with Crippen LogP contribution in [0.4, 0.5) is 4.79 Å². The van der Waals surface area contributed by atoms with Gasteiger partial charge in [0, 0.05) is 32.9 Å². The lowest BCUT2D eigenvalue weighted by Crippen LogP contribution is -2.42. The van der Waals surface area contributed by atoms with Gasteiger partial charge >= 0.3 is 0 Å². The number of carbonyl (C=O) groups excluding carboxylic acids is 3. The first kappa shape index (κ1) is 26.5. The zero-order valence-electron chi connectivity index (χ0n) is 16.3. The molecule has 9 nitrogen and oxygen atoms in total. The van der Waals surface area contributed by atoms with Crippen LogP contribution in [0.15, 0.2) is 18.3 Å². The van der Waals surface area contributed by atoms with E-state index in [9.17, 15) is 9.90 Å². The second-order valence-corrected chi connectivity index (χ2v) is 5.76. The Kier molecular flexibility index (Phi) is 16.5. The summed E-state index contributed by atoms with van der Waals surface area (Å²) in [6, 6.07) is 6.98. The Balaban J connectivity index is 0. The van der Waals surface area contributed by atoms with Crippen LogP contribution in [0.25, 0.3) is 0 Å². The molecule has 153 valence electrons. The maximum absolute atomic E-state index is 9.51. The first-order valence-electron chi connectivity index (χ1n) is 8.42. The van der Waals surface area contributed by atoms with Crippen LogP contribution in [0.3, 0.4) is 0 Å². The van der Waals surface area contributed by atoms with E-state index in [0.29, 0.717) is 0 Å². The average Bonchev–Trinajstić information content (AvgIpc) is 2.60. The van der Waals surface area contributed by atoms with Crippen molar-refractivity contribution < 1.29 is 29.7 Å². The minimum atomic E-state index is -2.19. The van der Waals surface area contributed by atoms with Crippen LogP contribution in [0, 0.1) is 6.07 Å². The quantitative estimate of drug-likeness (QED) is 0.401. The molecule has 0 aromatic carbocycles. The Morgan fingerprint density at radius 2 is 1.59 bits per heavy atom. The summed E-state index contributed by atoms with van der Waals surface area (Å²) in [6.45, 7) is 4.31. The van der Waals surface area contributed by atoms with Crippen molar-refractivity contribution in [2.24, 2.45) is 0 Å². The second kappa shape index (κ2) is 16.8. The molecule has 0 saturated carbocycles. The summed E-state index contributed by atoms with van der Waals surface area (Å²) in [5, 5.41) is 27.4. The summed E-state index contributed by atoms with van der Waals surface area (Å²) in [6.07, 6.45) is 5.96. The fourth-order valence-corrected chi connectivity index (χ4v) is 1.59. The zero-order valence-corrected chi connectivity index (χ0v) is 16.3. The third kappa shape index (κ3) is 19.5. The van der Waals surface area contributed by atoms with Crippen molar-refractivity contribution in [2.75, 3.05) is 27.7 Å². The Labute approximate surface area is 160 Å². The van der Waals surface area contributed by atoms with Crippen LogP contribution < -0.4 is 15.3 Å². The number of unbranched alkanes of at least 4 members (excludes halogenated alkanes) is 3. The summed E-state index contributed by atoms with van der Waals surface area (Å²) < 4.78 is 0. The van der Waals surface area contributed by atoms with Gasteiger partial charge in [-0.25, -0.2) is 0 Å². The van der Waals surface area contributed by atoms with Crippen molar-refractivity contribution in [3.8, 4) is 0 Å². The van der Waals surface area contributed by atoms with Gasteiger partial charge in [-0.1, -0.05) is 32.3 Å². The number of hydrogen-bond donors (Lipinski definition) is 0. The van der Waals surface area contributed by atoms with Gasteiger partial charge in [0.1, 0.15) is 6.09 Å². The number of hydrogen-bond acceptors (Lipinski definition) is 8. The third-order valence-corrected chi connectivity index (χ3v) is 3.01. The molecule has 0 spiro atoms. The normalized spacial score (nSPS) is 9.37. The van der Waals surface area contributed by atoms with E-state index in [1.165, 1.54) is 39.8 Å². The molecule has 0 aliphatic heterocycles. The molecule has 0 N–H and O–H groups in total. The first-order valence-corrected chi connectivity index (χ1v) is 8.42. The molecule has 0 aliphatic rings. The zero-order chi connectivity index (χ0) is 21.2. The average molecular weight is 381 g/mol. The fourth-order valence-electron chi connectivity index (χ4n) is 1.59. The van der Waals surface area contributed by atoms with Crippen molar-refractivity contribution in [3.63, 3.8) is 0 Å². The Hall–Kier alpha value is -2.68. The fraction of sp³-hybridized carbons (Fsp3) is 0.556. The SMILES string of the molecule is CCCCCCN(C)Cc1[c]cccn1.CN(C)C(=O)[O-].O=C([O-])C(=O)[O-]. The van der Waals surface area contributed by atoms with Crippen molar-refractivity contribution in [1.82, 2.24) is 14.8 Å². The minimum Gasteiger partial charge on any atom is -0.543 e. The standard InChI is InChI=1S/C13H21N2.C3H7NO2.C2H2O4/c1-3-4-5-8-11-15(2)12-13-9-6-7-10-14-13;1-4(2)3(5)6;3-1(4)2(5)6/h6-7,10H,3-5,8,11-12H2,1-2H3;1-2H3,(H,5,6);(H,3,4)(H,5,6)/p-3. The summed E-state index contributed by atoms with van der Waals surface area (Å²) in [7, 11) is 4.97. The number of pyridine rings is 1. The molecular weight excluding hydrogens is 354 g/mol. The highest BCUT2D eigenvalue weighted by atomic mass is 16.4. The Morgan fingerprint density at radius 1 is 1.04 bits per heavy atom. The highest BCUT2D eigenvalue weighted by molar-refractivity contribution is 6.25. The number of carboxylic acid groups (broad SMARTS) is 3. The summed E-state index contributed by atoms with van der Waals surface area (Å²) in [5.74, 6) is -4.37. The second-order valence-electron chi connectivity index (χ2n) is 5.76. The molecule has 0 fully saturated rings. The molecule has 0 atom stereocenters. The summed E-state index contributed by atoms with van der Waals surface area (Å²) in [4.78, 5) is 34.9. The molecule has 0 aliphatic carbocycles. The van der Waals surface area contributed by atoms with Gasteiger partial charge in [0.2, 0.25) is 0 Å². The maximum atomic E-state index is 9.51. The Morgan fingerprint density at radius 3 is 1.96 bits per heavy atom. The van der Waals surface area contributed by atoms with E-state index in [0.717, 1.165) is 23.7 Å². The number of aliphatic carboxylic acids is 2. The molecule has 0 bridgehead atoms. The smallest absolute Gasteiger partial charge is 0.136 e. The van der Waals surface area contributed by atoms with E-state index in [4.69, 9.17) is 19.8 Å². The first-order chi connectivity index (χ1) is 12.6. The highest BCUT2D eigenvalue weighted by Gasteiger charge is 2.00. The van der Waals surface area contributed by atoms with Gasteiger partial charge in [-0.2, -0.15) is 0 Å². The van der Waals surface area contributed by atoms with Crippen molar-refractivity contribution in [3.05, 3.63) is 30.1 Å². The van der Waals surface area contributed by atoms with Crippen LogP contribution >= 0.6 is 0 Å². The number of carboxylic acids is 2. The van der Waals surface area contributed by atoms with E-state index < -0.39 is 18.0 Å². The van der Waals surface area contributed by atoms with E-state index in [1.807, 2.05) is 18.3 Å². The maximum Gasteiger partial charge on any atom is 0.136 e. The van der Waals surface area contributed by atoms with Crippen molar-refractivity contribution >= 4 is 18.0 Å². The van der Waals surface area contributed by atoms with E-state index >= 15 is 0 Å². The summed E-state index contributed by atoms with van der Waals surface area (Å²) in [5.41, 5.74) is 1.04. The molecule has 1 aromatic heterocycles. The predicted octanol–water partition coefficient (Wildman–Crippen LogP) is -1.73. The molecular formula is C18H27N3O6-3. The van der Waals surface area contributed by atoms with Gasteiger partial charge < -0.3 is 39.5 Å². The molecule has 1 radical (unpaired) electrons. The topological polar surface area (TPSA) is 140 Å². The van der Waals surface area contributed by atoms with Crippen LogP contribution in [0.2, 0.25) is 0 Å². The molecule has 1 rings (SSSR count). The molecule has 9 heteroatoms. The lowest BCUT2D eigenvalue weighted by molar-refractivity contribution is -0.345. The van der Waals surface area contributed by atoms with Gasteiger partial charge in [0.25, 0.3) is 0 Å². The van der Waals surface area contributed by atoms with Crippen LogP contribution in [0.1, 0.15) is 38.3 Å². The predicted molar refractivity (Wildman–Crippen MR) is 92.6 cm³/mol.